The van der Waals surface area contributed by atoms with E-state index < -0.39 is 0 Å². The average Bonchev–Trinajstić information content (AvgIpc) is 3.53. The van der Waals surface area contributed by atoms with Crippen molar-refractivity contribution in [2.24, 2.45) is 0 Å². The summed E-state index contributed by atoms with van der Waals surface area (Å²) < 4.78 is 18.0. The summed E-state index contributed by atoms with van der Waals surface area (Å²) in [5.41, 5.74) is 11.5. The second-order valence-electron chi connectivity index (χ2n) is 8.82. The van der Waals surface area contributed by atoms with E-state index in [0.717, 1.165) is 23.4 Å². The number of imidazole rings is 1. The number of pyridine rings is 1. The van der Waals surface area contributed by atoms with Crippen molar-refractivity contribution in [2.45, 2.75) is 25.9 Å². The smallest absolute Gasteiger partial charge is 0.320 e. The van der Waals surface area contributed by atoms with Crippen LogP contribution in [-0.4, -0.2) is 69.9 Å². The Balaban J connectivity index is 1.34. The predicted molar refractivity (Wildman–Crippen MR) is 137 cm³/mol. The first-order chi connectivity index (χ1) is 17.6. The molecule has 3 aromatic heterocycles. The quantitative estimate of drug-likeness (QED) is 0.336. The van der Waals surface area contributed by atoms with E-state index in [9.17, 15) is 0 Å². The Hall–Kier alpha value is -3.76. The van der Waals surface area contributed by atoms with Gasteiger partial charge >= 0.3 is 6.01 Å². The molecule has 4 aromatic rings. The Labute approximate surface area is 210 Å². The molecule has 1 aliphatic heterocycles. The van der Waals surface area contributed by atoms with Crippen LogP contribution in [0.4, 0.5) is 5.82 Å². The number of rotatable bonds is 10. The lowest BCUT2D eigenvalue weighted by atomic mass is 10.1. The number of nitrogens with two attached hydrogens (primary N) is 1. The molecule has 0 spiro atoms. The van der Waals surface area contributed by atoms with Gasteiger partial charge in [-0.3, -0.25) is 14.5 Å². The Morgan fingerprint density at radius 2 is 1.67 bits per heavy atom. The van der Waals surface area contributed by atoms with Crippen molar-refractivity contribution in [1.29, 1.82) is 0 Å². The number of aromatic nitrogens is 5. The van der Waals surface area contributed by atoms with E-state index in [1.54, 1.807) is 14.2 Å². The van der Waals surface area contributed by atoms with E-state index in [1.165, 1.54) is 31.5 Å². The molecule has 1 aliphatic rings. The van der Waals surface area contributed by atoms with Crippen molar-refractivity contribution in [2.75, 3.05) is 46.3 Å². The summed E-state index contributed by atoms with van der Waals surface area (Å²) in [5.74, 6) is 0.235. The monoisotopic (exact) mass is 489 g/mol. The van der Waals surface area contributed by atoms with Crippen molar-refractivity contribution < 1.29 is 14.2 Å². The Kier molecular flexibility index (Phi) is 7.24. The molecule has 188 valence electrons. The summed E-state index contributed by atoms with van der Waals surface area (Å²) in [6.07, 6.45) is 4.57. The molecule has 36 heavy (non-hydrogen) atoms. The molecule has 0 bridgehead atoms. The fraction of sp³-hybridized carbons (Fsp3) is 0.385. The van der Waals surface area contributed by atoms with E-state index in [-0.39, 0.29) is 11.8 Å². The van der Waals surface area contributed by atoms with Crippen molar-refractivity contribution in [3.05, 3.63) is 53.7 Å². The summed E-state index contributed by atoms with van der Waals surface area (Å²) in [6.45, 7) is 4.58. The van der Waals surface area contributed by atoms with Crippen LogP contribution in [0.1, 0.15) is 24.0 Å². The third-order valence-corrected chi connectivity index (χ3v) is 6.29. The van der Waals surface area contributed by atoms with Gasteiger partial charge in [0.15, 0.2) is 17.0 Å². The number of hydrogen-bond donors (Lipinski definition) is 1. The number of methoxy groups -OCH3 is 2. The average molecular weight is 490 g/mol. The normalized spacial score (nSPS) is 13.9. The molecule has 10 heteroatoms. The summed E-state index contributed by atoms with van der Waals surface area (Å²) in [7, 11) is 3.17. The van der Waals surface area contributed by atoms with Crippen LogP contribution in [0.15, 0.2) is 42.6 Å². The molecule has 0 atom stereocenters. The van der Waals surface area contributed by atoms with E-state index in [2.05, 4.69) is 56.3 Å². The highest BCUT2D eigenvalue weighted by Gasteiger charge is 2.18. The molecule has 10 nitrogen and oxygen atoms in total. The van der Waals surface area contributed by atoms with E-state index in [0.29, 0.717) is 36.9 Å². The van der Waals surface area contributed by atoms with Gasteiger partial charge in [0.05, 0.1) is 26.0 Å². The van der Waals surface area contributed by atoms with Crippen molar-refractivity contribution >= 4 is 17.0 Å². The lowest BCUT2D eigenvalue weighted by molar-refractivity contribution is 0.141. The largest absolute Gasteiger partial charge is 0.468 e. The van der Waals surface area contributed by atoms with E-state index >= 15 is 0 Å². The first-order valence-electron chi connectivity index (χ1n) is 12.1. The molecule has 0 radical (unpaired) electrons. The van der Waals surface area contributed by atoms with E-state index in [4.69, 9.17) is 24.9 Å². The van der Waals surface area contributed by atoms with Gasteiger partial charge in [-0.15, -0.1) is 0 Å². The molecule has 0 unspecified atom stereocenters. The van der Waals surface area contributed by atoms with Crippen LogP contribution in [0.2, 0.25) is 0 Å². The maximum Gasteiger partial charge on any atom is 0.320 e. The van der Waals surface area contributed by atoms with Crippen LogP contribution in [0.5, 0.6) is 12.0 Å². The zero-order valence-electron chi connectivity index (χ0n) is 20.7. The molecule has 2 N–H and O–H groups in total. The van der Waals surface area contributed by atoms with E-state index in [1.807, 2.05) is 10.8 Å². The van der Waals surface area contributed by atoms with Gasteiger partial charge in [-0.25, -0.2) is 0 Å². The minimum Gasteiger partial charge on any atom is -0.468 e. The van der Waals surface area contributed by atoms with Crippen LogP contribution in [-0.2, 0) is 17.8 Å². The minimum atomic E-state index is 0.176. The highest BCUT2D eigenvalue weighted by Crippen LogP contribution is 2.27. The Morgan fingerprint density at radius 3 is 2.36 bits per heavy atom. The molecule has 1 aromatic carbocycles. The first-order valence-corrected chi connectivity index (χ1v) is 12.1. The number of benzene rings is 1. The molecule has 5 rings (SSSR count). The van der Waals surface area contributed by atoms with Crippen LogP contribution < -0.4 is 15.2 Å². The lowest BCUT2D eigenvalue weighted by Gasteiger charge is -2.14. The second kappa shape index (κ2) is 10.9. The van der Waals surface area contributed by atoms with Crippen molar-refractivity contribution in [1.82, 2.24) is 29.4 Å². The van der Waals surface area contributed by atoms with Crippen molar-refractivity contribution in [3.63, 3.8) is 0 Å². The number of fused-ring (bicyclic) bond motifs is 1. The van der Waals surface area contributed by atoms with Crippen LogP contribution in [0, 0.1) is 0 Å². The summed E-state index contributed by atoms with van der Waals surface area (Å²) in [6, 6.07) is 13.1. The molecule has 0 aliphatic carbocycles. The Morgan fingerprint density at radius 1 is 0.889 bits per heavy atom. The number of nitrogen functional groups attached to an aromatic ring is 1. The molecule has 4 heterocycles. The van der Waals surface area contributed by atoms with Gasteiger partial charge in [0.2, 0.25) is 0 Å². The van der Waals surface area contributed by atoms with Gasteiger partial charge in [-0.2, -0.15) is 15.0 Å². The molecular formula is C26H31N7O3. The molecular weight excluding hydrogens is 458 g/mol. The molecule has 0 amide bonds. The summed E-state index contributed by atoms with van der Waals surface area (Å²) >= 11 is 0. The number of ether oxygens (including phenoxy) is 3. The van der Waals surface area contributed by atoms with Crippen LogP contribution >= 0.6 is 0 Å². The van der Waals surface area contributed by atoms with Crippen LogP contribution in [0.25, 0.3) is 22.4 Å². The van der Waals surface area contributed by atoms with Gasteiger partial charge in [-0.1, -0.05) is 30.3 Å². The Bertz CT molecular complexity index is 1300. The summed E-state index contributed by atoms with van der Waals surface area (Å²) in [5, 5.41) is 0. The van der Waals surface area contributed by atoms with Gasteiger partial charge < -0.3 is 19.9 Å². The van der Waals surface area contributed by atoms with Gasteiger partial charge in [0.25, 0.3) is 6.01 Å². The third-order valence-electron chi connectivity index (χ3n) is 6.29. The number of nitrogens with zero attached hydrogens (tertiary/aromatic N) is 6. The minimum absolute atomic E-state index is 0.176. The molecule has 0 saturated carbocycles. The highest BCUT2D eigenvalue weighted by molar-refractivity contribution is 5.83. The van der Waals surface area contributed by atoms with Gasteiger partial charge in [0, 0.05) is 25.4 Å². The van der Waals surface area contributed by atoms with Gasteiger partial charge in [-0.05, 0) is 43.1 Å². The molecule has 1 saturated heterocycles. The zero-order valence-corrected chi connectivity index (χ0v) is 20.7. The van der Waals surface area contributed by atoms with Gasteiger partial charge in [0.1, 0.15) is 6.61 Å². The first kappa shape index (κ1) is 24.0. The lowest BCUT2D eigenvalue weighted by Crippen LogP contribution is -2.18. The number of anilines is 1. The fourth-order valence-electron chi connectivity index (χ4n) is 4.41. The number of hydrogen-bond acceptors (Lipinski definition) is 9. The zero-order chi connectivity index (χ0) is 24.9. The van der Waals surface area contributed by atoms with Crippen LogP contribution in [0.3, 0.4) is 0 Å². The standard InChI is InChI=1S/C26H31N7O3/c1-34-13-14-36-25-30-23(27)22-24(31-25)33(26(29-22)35-2)17-18-5-8-20(9-6-18)21-10-7-19(15-28-21)16-32-11-3-4-12-32/h5-10,15H,3-4,11-14,16-17H2,1-2H3,(H2,27,30,31). The third kappa shape index (κ3) is 5.24. The van der Waals surface area contributed by atoms with Crippen molar-refractivity contribution in [3.8, 4) is 23.3 Å². The second-order valence-corrected chi connectivity index (χ2v) is 8.82. The topological polar surface area (TPSA) is 113 Å². The predicted octanol–water partition coefficient (Wildman–Crippen LogP) is 3.15. The number of likely N-dealkylation sites (tertiary alicyclic amines) is 1. The summed E-state index contributed by atoms with van der Waals surface area (Å²) in [4.78, 5) is 20.4. The molecule has 1 fully saturated rings. The highest BCUT2D eigenvalue weighted by atomic mass is 16.5. The fourth-order valence-corrected chi connectivity index (χ4v) is 4.41. The maximum absolute atomic E-state index is 6.13. The maximum atomic E-state index is 6.13. The SMILES string of the molecule is COCCOc1nc(N)c2nc(OC)n(Cc3ccc(-c4ccc(CN5CCCC5)cn4)cc3)c2n1.